The Bertz CT molecular complexity index is 429. The molecule has 2 nitrogen and oxygen atoms in total. The fraction of sp³-hybridized carbons (Fsp3) is 0.625. The molecule has 3 rings (SSSR count). The fourth-order valence-electron chi connectivity index (χ4n) is 3.80. The van der Waals surface area contributed by atoms with Crippen LogP contribution in [0.25, 0.3) is 0 Å². The van der Waals surface area contributed by atoms with E-state index in [2.05, 4.69) is 17.9 Å². The lowest BCUT2D eigenvalue weighted by atomic mass is 9.95. The van der Waals surface area contributed by atoms with E-state index in [1.807, 2.05) is 12.1 Å². The molecule has 0 radical (unpaired) electrons. The third-order valence-electron chi connectivity index (χ3n) is 4.72. The molecule has 2 aliphatic rings. The van der Waals surface area contributed by atoms with Gasteiger partial charge in [0.1, 0.15) is 5.75 Å². The van der Waals surface area contributed by atoms with Crippen LogP contribution in [0.5, 0.6) is 5.75 Å². The van der Waals surface area contributed by atoms with Crippen LogP contribution in [-0.2, 0) is 6.42 Å². The van der Waals surface area contributed by atoms with Crippen LogP contribution in [0, 0.1) is 0 Å². The zero-order valence-corrected chi connectivity index (χ0v) is 11.2. The number of rotatable bonds is 2. The first kappa shape index (κ1) is 12.0. The zero-order valence-electron chi connectivity index (χ0n) is 11.2. The van der Waals surface area contributed by atoms with Crippen molar-refractivity contribution in [2.75, 3.05) is 6.54 Å². The van der Waals surface area contributed by atoms with Gasteiger partial charge in [0.15, 0.2) is 0 Å². The van der Waals surface area contributed by atoms with Crippen LogP contribution in [-0.4, -0.2) is 22.6 Å². The lowest BCUT2D eigenvalue weighted by Gasteiger charge is -2.40. The number of hydrogen-bond acceptors (Lipinski definition) is 2. The number of likely N-dealkylation sites (tertiary alicyclic amines) is 1. The molecule has 0 aromatic heterocycles. The van der Waals surface area contributed by atoms with Crippen LogP contribution in [0.4, 0.5) is 0 Å². The van der Waals surface area contributed by atoms with Crippen molar-refractivity contribution in [1.82, 2.24) is 4.90 Å². The largest absolute Gasteiger partial charge is 0.508 e. The average molecular weight is 245 g/mol. The summed E-state index contributed by atoms with van der Waals surface area (Å²) in [7, 11) is 0. The summed E-state index contributed by atoms with van der Waals surface area (Å²) >= 11 is 0. The number of phenolic OH excluding ortho intramolecular Hbond substituents is 1. The fourth-order valence-corrected chi connectivity index (χ4v) is 3.80. The highest BCUT2D eigenvalue weighted by Gasteiger charge is 2.32. The summed E-state index contributed by atoms with van der Waals surface area (Å²) < 4.78 is 0. The number of aromatic hydroxyl groups is 1. The highest BCUT2D eigenvalue weighted by Crippen LogP contribution is 2.40. The van der Waals surface area contributed by atoms with Crippen molar-refractivity contribution in [3.63, 3.8) is 0 Å². The molecule has 1 aliphatic heterocycles. The second-order valence-corrected chi connectivity index (χ2v) is 5.73. The molecule has 0 bridgehead atoms. The van der Waals surface area contributed by atoms with Gasteiger partial charge in [0.2, 0.25) is 0 Å². The minimum absolute atomic E-state index is 0.417. The molecule has 1 fully saturated rings. The standard InChI is InChI=1S/C16H23NO/c1-2-13-5-3-4-10-17(13)16-9-6-12-11-14(18)7-8-15(12)16/h7-8,11,13,16,18H,2-6,9-10H2,1H3. The first-order valence-corrected chi connectivity index (χ1v) is 7.37. The van der Waals surface area contributed by atoms with Crippen molar-refractivity contribution in [1.29, 1.82) is 0 Å². The Morgan fingerprint density at radius 2 is 2.17 bits per heavy atom. The van der Waals surface area contributed by atoms with Crippen LogP contribution in [0.1, 0.15) is 56.2 Å². The Kier molecular flexibility index (Phi) is 3.29. The van der Waals surface area contributed by atoms with E-state index >= 15 is 0 Å². The number of fused-ring (bicyclic) bond motifs is 1. The molecule has 0 spiro atoms. The Balaban J connectivity index is 1.86. The van der Waals surface area contributed by atoms with Crippen LogP contribution in [0.15, 0.2) is 18.2 Å². The van der Waals surface area contributed by atoms with Crippen molar-refractivity contribution in [3.8, 4) is 5.75 Å². The van der Waals surface area contributed by atoms with Crippen molar-refractivity contribution in [2.45, 2.75) is 57.5 Å². The van der Waals surface area contributed by atoms with E-state index in [0.717, 1.165) is 12.5 Å². The topological polar surface area (TPSA) is 23.5 Å². The molecule has 1 N–H and O–H groups in total. The van der Waals surface area contributed by atoms with E-state index in [1.165, 1.54) is 49.8 Å². The number of hydrogen-bond donors (Lipinski definition) is 1. The molecule has 2 heteroatoms. The van der Waals surface area contributed by atoms with Crippen molar-refractivity contribution >= 4 is 0 Å². The third kappa shape index (κ3) is 2.03. The number of phenols is 1. The first-order valence-electron chi connectivity index (χ1n) is 7.37. The van der Waals surface area contributed by atoms with E-state index < -0.39 is 0 Å². The van der Waals surface area contributed by atoms with Crippen LogP contribution in [0.2, 0.25) is 0 Å². The van der Waals surface area contributed by atoms with Gasteiger partial charge in [0.05, 0.1) is 0 Å². The second-order valence-electron chi connectivity index (χ2n) is 5.73. The summed E-state index contributed by atoms with van der Waals surface area (Å²) in [5.41, 5.74) is 2.83. The van der Waals surface area contributed by atoms with Gasteiger partial charge in [-0.15, -0.1) is 0 Å². The highest BCUT2D eigenvalue weighted by atomic mass is 16.3. The maximum absolute atomic E-state index is 9.58. The highest BCUT2D eigenvalue weighted by molar-refractivity contribution is 5.40. The SMILES string of the molecule is CCC1CCCCN1C1CCc2cc(O)ccc21. The Morgan fingerprint density at radius 3 is 3.00 bits per heavy atom. The van der Waals surface area contributed by atoms with E-state index in [-0.39, 0.29) is 0 Å². The second kappa shape index (κ2) is 4.93. The lowest BCUT2D eigenvalue weighted by molar-refractivity contribution is 0.0916. The van der Waals surface area contributed by atoms with Gasteiger partial charge in [-0.1, -0.05) is 19.4 Å². The molecule has 98 valence electrons. The van der Waals surface area contributed by atoms with Crippen molar-refractivity contribution in [3.05, 3.63) is 29.3 Å². The maximum atomic E-state index is 9.58. The first-order chi connectivity index (χ1) is 8.79. The third-order valence-corrected chi connectivity index (χ3v) is 4.72. The maximum Gasteiger partial charge on any atom is 0.115 e. The molecule has 1 saturated heterocycles. The Hall–Kier alpha value is -1.02. The molecule has 1 heterocycles. The number of piperidine rings is 1. The number of aryl methyl sites for hydroxylation is 1. The minimum atomic E-state index is 0.417. The predicted molar refractivity (Wildman–Crippen MR) is 73.8 cm³/mol. The van der Waals surface area contributed by atoms with E-state index in [1.54, 1.807) is 0 Å². The van der Waals surface area contributed by atoms with Gasteiger partial charge in [-0.3, -0.25) is 4.90 Å². The monoisotopic (exact) mass is 245 g/mol. The smallest absolute Gasteiger partial charge is 0.115 e. The molecule has 2 unspecified atom stereocenters. The van der Waals surface area contributed by atoms with Gasteiger partial charge in [-0.2, -0.15) is 0 Å². The molecule has 0 amide bonds. The van der Waals surface area contributed by atoms with Gasteiger partial charge in [0, 0.05) is 12.1 Å². The van der Waals surface area contributed by atoms with E-state index in [4.69, 9.17) is 0 Å². The van der Waals surface area contributed by atoms with Gasteiger partial charge in [0.25, 0.3) is 0 Å². The van der Waals surface area contributed by atoms with Crippen LogP contribution >= 0.6 is 0 Å². The lowest BCUT2D eigenvalue weighted by Crippen LogP contribution is -2.41. The van der Waals surface area contributed by atoms with Crippen molar-refractivity contribution in [2.24, 2.45) is 0 Å². The summed E-state index contributed by atoms with van der Waals surface area (Å²) in [6.45, 7) is 3.57. The Morgan fingerprint density at radius 1 is 1.28 bits per heavy atom. The van der Waals surface area contributed by atoms with Gasteiger partial charge >= 0.3 is 0 Å². The minimum Gasteiger partial charge on any atom is -0.508 e. The molecular formula is C16H23NO. The van der Waals surface area contributed by atoms with E-state index in [0.29, 0.717) is 11.8 Å². The van der Waals surface area contributed by atoms with Gasteiger partial charge in [-0.25, -0.2) is 0 Å². The predicted octanol–water partition coefficient (Wildman–Crippen LogP) is 3.64. The molecular weight excluding hydrogens is 222 g/mol. The molecule has 18 heavy (non-hydrogen) atoms. The number of benzene rings is 1. The molecule has 1 aromatic carbocycles. The number of nitrogens with zero attached hydrogens (tertiary/aromatic N) is 1. The van der Waals surface area contributed by atoms with Gasteiger partial charge in [-0.05, 0) is 61.9 Å². The van der Waals surface area contributed by atoms with Gasteiger partial charge < -0.3 is 5.11 Å². The summed E-state index contributed by atoms with van der Waals surface area (Å²) in [6.07, 6.45) is 7.73. The van der Waals surface area contributed by atoms with Crippen LogP contribution < -0.4 is 0 Å². The molecule has 2 atom stereocenters. The molecule has 0 saturated carbocycles. The summed E-state index contributed by atoms with van der Waals surface area (Å²) in [4.78, 5) is 2.73. The zero-order chi connectivity index (χ0) is 12.5. The quantitative estimate of drug-likeness (QED) is 0.859. The summed E-state index contributed by atoms with van der Waals surface area (Å²) in [6, 6.07) is 7.32. The van der Waals surface area contributed by atoms with Crippen LogP contribution in [0.3, 0.4) is 0 Å². The van der Waals surface area contributed by atoms with Crippen molar-refractivity contribution < 1.29 is 5.11 Å². The average Bonchev–Trinajstić information content (AvgIpc) is 2.81. The van der Waals surface area contributed by atoms with E-state index in [9.17, 15) is 5.11 Å². The Labute approximate surface area is 110 Å². The normalized spacial score (nSPS) is 28.3. The summed E-state index contributed by atoms with van der Waals surface area (Å²) in [5, 5.41) is 9.58. The molecule has 1 aromatic rings. The summed E-state index contributed by atoms with van der Waals surface area (Å²) in [5.74, 6) is 0.417. The molecule has 1 aliphatic carbocycles.